The largest absolute Gasteiger partial charge is 0.459 e. The molecule has 2 N–H and O–H groups in total. The summed E-state index contributed by atoms with van der Waals surface area (Å²) < 4.78 is 5.30. The first-order valence-corrected chi connectivity index (χ1v) is 10.1. The van der Waals surface area contributed by atoms with Crippen LogP contribution in [-0.2, 0) is 9.53 Å². The SMILES string of the molecule is CC[C@@H](C)NC(=O)[C@H]1CCCN(C(=O)c2[nH]c(C)c(C(=O)OC(C)C)c2C)C1. The van der Waals surface area contributed by atoms with Gasteiger partial charge in [0.15, 0.2) is 0 Å². The number of rotatable bonds is 6. The van der Waals surface area contributed by atoms with Gasteiger partial charge in [-0.15, -0.1) is 0 Å². The Labute approximate surface area is 167 Å². The van der Waals surface area contributed by atoms with Gasteiger partial charge in [-0.1, -0.05) is 6.92 Å². The second kappa shape index (κ2) is 9.26. The van der Waals surface area contributed by atoms with Gasteiger partial charge in [0, 0.05) is 24.8 Å². The van der Waals surface area contributed by atoms with E-state index >= 15 is 0 Å². The molecule has 2 heterocycles. The molecule has 1 aromatic rings. The summed E-state index contributed by atoms with van der Waals surface area (Å²) in [5.41, 5.74) is 2.03. The quantitative estimate of drug-likeness (QED) is 0.730. The minimum Gasteiger partial charge on any atom is -0.459 e. The number of hydrogen-bond acceptors (Lipinski definition) is 4. The molecule has 2 atom stereocenters. The lowest BCUT2D eigenvalue weighted by Crippen LogP contribution is -2.47. The minimum absolute atomic E-state index is 0.00689. The first-order valence-electron chi connectivity index (χ1n) is 10.1. The van der Waals surface area contributed by atoms with Crippen LogP contribution in [0, 0.1) is 19.8 Å². The number of carbonyl (C=O) groups excluding carboxylic acids is 3. The fourth-order valence-electron chi connectivity index (χ4n) is 3.54. The number of aromatic amines is 1. The Kier molecular flexibility index (Phi) is 7.27. The third kappa shape index (κ3) is 4.94. The summed E-state index contributed by atoms with van der Waals surface area (Å²) in [6, 6.07) is 0.126. The number of H-pyrrole nitrogens is 1. The summed E-state index contributed by atoms with van der Waals surface area (Å²) in [6.45, 7) is 12.1. The molecule has 0 bridgehead atoms. The van der Waals surface area contributed by atoms with Crippen molar-refractivity contribution in [3.8, 4) is 0 Å². The number of ether oxygens (including phenoxy) is 1. The third-order valence-corrected chi connectivity index (χ3v) is 5.28. The van der Waals surface area contributed by atoms with Crippen LogP contribution in [0.4, 0.5) is 0 Å². The lowest BCUT2D eigenvalue weighted by atomic mass is 9.96. The van der Waals surface area contributed by atoms with Crippen LogP contribution in [-0.4, -0.2) is 52.9 Å². The summed E-state index contributed by atoms with van der Waals surface area (Å²) in [7, 11) is 0. The summed E-state index contributed by atoms with van der Waals surface area (Å²) in [5, 5.41) is 3.01. The van der Waals surface area contributed by atoms with Crippen LogP contribution >= 0.6 is 0 Å². The topological polar surface area (TPSA) is 91.5 Å². The Balaban J connectivity index is 2.15. The number of piperidine rings is 1. The predicted octanol–water partition coefficient (Wildman–Crippen LogP) is 2.96. The van der Waals surface area contributed by atoms with E-state index < -0.39 is 5.97 Å². The van der Waals surface area contributed by atoms with Crippen molar-refractivity contribution in [2.75, 3.05) is 13.1 Å². The highest BCUT2D eigenvalue weighted by molar-refractivity contribution is 6.00. The number of likely N-dealkylation sites (tertiary alicyclic amines) is 1. The van der Waals surface area contributed by atoms with Gasteiger partial charge in [-0.25, -0.2) is 4.79 Å². The molecule has 1 aliphatic rings. The zero-order valence-electron chi connectivity index (χ0n) is 17.8. The van der Waals surface area contributed by atoms with E-state index in [4.69, 9.17) is 4.74 Å². The Morgan fingerprint density at radius 3 is 2.54 bits per heavy atom. The van der Waals surface area contributed by atoms with E-state index in [-0.39, 0.29) is 29.9 Å². The molecule has 0 radical (unpaired) electrons. The monoisotopic (exact) mass is 391 g/mol. The van der Waals surface area contributed by atoms with Crippen molar-refractivity contribution in [3.63, 3.8) is 0 Å². The number of esters is 1. The minimum atomic E-state index is -0.426. The molecule has 156 valence electrons. The summed E-state index contributed by atoms with van der Waals surface area (Å²) in [6.07, 6.45) is 2.20. The van der Waals surface area contributed by atoms with Crippen LogP contribution < -0.4 is 5.32 Å². The average molecular weight is 392 g/mol. The van der Waals surface area contributed by atoms with Gasteiger partial charge in [0.2, 0.25) is 5.91 Å². The second-order valence-corrected chi connectivity index (χ2v) is 7.99. The number of nitrogens with one attached hydrogen (secondary N) is 2. The molecule has 2 rings (SSSR count). The number of hydrogen-bond donors (Lipinski definition) is 2. The van der Waals surface area contributed by atoms with Crippen LogP contribution in [0.25, 0.3) is 0 Å². The van der Waals surface area contributed by atoms with Crippen LogP contribution in [0.15, 0.2) is 0 Å². The van der Waals surface area contributed by atoms with Crippen molar-refractivity contribution in [3.05, 3.63) is 22.5 Å². The number of carbonyl (C=O) groups is 3. The number of aromatic nitrogens is 1. The molecule has 0 spiro atoms. The van der Waals surface area contributed by atoms with Gasteiger partial charge in [-0.3, -0.25) is 9.59 Å². The van der Waals surface area contributed by atoms with Gasteiger partial charge in [0.25, 0.3) is 5.91 Å². The Bertz CT molecular complexity index is 738. The molecule has 0 unspecified atom stereocenters. The van der Waals surface area contributed by atoms with E-state index in [1.807, 2.05) is 13.8 Å². The molecule has 2 amide bonds. The summed E-state index contributed by atoms with van der Waals surface area (Å²) in [5.74, 6) is -0.795. The van der Waals surface area contributed by atoms with Gasteiger partial charge in [-0.05, 0) is 59.4 Å². The van der Waals surface area contributed by atoms with Crippen molar-refractivity contribution in [2.24, 2.45) is 5.92 Å². The lowest BCUT2D eigenvalue weighted by molar-refractivity contribution is -0.126. The summed E-state index contributed by atoms with van der Waals surface area (Å²) in [4.78, 5) is 42.7. The van der Waals surface area contributed by atoms with Crippen molar-refractivity contribution in [1.82, 2.24) is 15.2 Å². The fraction of sp³-hybridized carbons (Fsp3) is 0.667. The van der Waals surface area contributed by atoms with Gasteiger partial charge >= 0.3 is 5.97 Å². The molecule has 28 heavy (non-hydrogen) atoms. The second-order valence-electron chi connectivity index (χ2n) is 7.99. The van der Waals surface area contributed by atoms with Gasteiger partial charge in [-0.2, -0.15) is 0 Å². The van der Waals surface area contributed by atoms with E-state index in [1.54, 1.807) is 32.6 Å². The fourth-order valence-corrected chi connectivity index (χ4v) is 3.54. The molecule has 0 aromatic carbocycles. The van der Waals surface area contributed by atoms with Gasteiger partial charge in [0.1, 0.15) is 5.69 Å². The molecule has 7 heteroatoms. The molecule has 1 aromatic heterocycles. The Hall–Kier alpha value is -2.31. The van der Waals surface area contributed by atoms with Crippen molar-refractivity contribution >= 4 is 17.8 Å². The lowest BCUT2D eigenvalue weighted by Gasteiger charge is -2.32. The standard InChI is InChI=1S/C21H33N3O4/c1-7-13(4)22-19(25)16-9-8-10-24(11-16)20(26)18-14(5)17(15(6)23-18)21(27)28-12(2)3/h12-13,16,23H,7-11H2,1-6H3,(H,22,25)/t13-,16+/m1/s1. The highest BCUT2D eigenvalue weighted by atomic mass is 16.5. The van der Waals surface area contributed by atoms with Crippen LogP contribution in [0.2, 0.25) is 0 Å². The predicted molar refractivity (Wildman–Crippen MR) is 107 cm³/mol. The third-order valence-electron chi connectivity index (χ3n) is 5.28. The molecular weight excluding hydrogens is 358 g/mol. The molecule has 0 saturated carbocycles. The van der Waals surface area contributed by atoms with Crippen molar-refractivity contribution in [2.45, 2.75) is 73.0 Å². The van der Waals surface area contributed by atoms with Crippen LogP contribution in [0.1, 0.15) is 79.1 Å². The van der Waals surface area contributed by atoms with E-state index in [1.165, 1.54) is 0 Å². The number of aryl methyl sites for hydroxylation is 1. The zero-order valence-corrected chi connectivity index (χ0v) is 17.8. The Morgan fingerprint density at radius 1 is 1.25 bits per heavy atom. The van der Waals surface area contributed by atoms with Gasteiger partial charge < -0.3 is 19.9 Å². The van der Waals surface area contributed by atoms with Crippen molar-refractivity contribution < 1.29 is 19.1 Å². The molecular formula is C21H33N3O4. The molecule has 7 nitrogen and oxygen atoms in total. The first kappa shape index (κ1) is 22.0. The normalized spacial score (nSPS) is 18.1. The van der Waals surface area contributed by atoms with Gasteiger partial charge in [0.05, 0.1) is 17.6 Å². The maximum Gasteiger partial charge on any atom is 0.340 e. The molecule has 1 saturated heterocycles. The smallest absolute Gasteiger partial charge is 0.340 e. The van der Waals surface area contributed by atoms with Crippen LogP contribution in [0.3, 0.4) is 0 Å². The van der Waals surface area contributed by atoms with E-state index in [0.29, 0.717) is 35.6 Å². The van der Waals surface area contributed by atoms with E-state index in [0.717, 1.165) is 19.3 Å². The number of amides is 2. The first-order chi connectivity index (χ1) is 13.1. The van der Waals surface area contributed by atoms with E-state index in [2.05, 4.69) is 10.3 Å². The summed E-state index contributed by atoms with van der Waals surface area (Å²) >= 11 is 0. The molecule has 0 aliphatic carbocycles. The molecule has 1 fully saturated rings. The van der Waals surface area contributed by atoms with Crippen molar-refractivity contribution in [1.29, 1.82) is 0 Å². The average Bonchev–Trinajstić information content (AvgIpc) is 2.94. The maximum atomic E-state index is 13.1. The highest BCUT2D eigenvalue weighted by Gasteiger charge is 2.32. The maximum absolute atomic E-state index is 13.1. The molecule has 1 aliphatic heterocycles. The number of nitrogens with zero attached hydrogens (tertiary/aromatic N) is 1. The zero-order chi connectivity index (χ0) is 21.0. The highest BCUT2D eigenvalue weighted by Crippen LogP contribution is 2.24. The Morgan fingerprint density at radius 2 is 1.93 bits per heavy atom. The van der Waals surface area contributed by atoms with Crippen LogP contribution in [0.5, 0.6) is 0 Å². The van der Waals surface area contributed by atoms with E-state index in [9.17, 15) is 14.4 Å².